The fourth-order valence-electron chi connectivity index (χ4n) is 9.05. The number of ether oxygens (including phenoxy) is 2. The molecule has 2 aliphatic heterocycles. The number of Topliss-reactive ketones (excluding diaryl/α,β-unsaturated/α-hetero) is 1. The lowest BCUT2D eigenvalue weighted by molar-refractivity contribution is -0.123. The van der Waals surface area contributed by atoms with Crippen LogP contribution in [-0.4, -0.2) is 67.1 Å². The van der Waals surface area contributed by atoms with Crippen molar-refractivity contribution in [1.29, 1.82) is 0 Å². The predicted octanol–water partition coefficient (Wildman–Crippen LogP) is 6.60. The Morgan fingerprint density at radius 3 is 2.63 bits per heavy atom. The monoisotopic (exact) mass is 558 g/mol. The van der Waals surface area contributed by atoms with E-state index in [9.17, 15) is 4.79 Å². The first kappa shape index (κ1) is 28.7. The third-order valence-corrected chi connectivity index (χ3v) is 10.8. The van der Waals surface area contributed by atoms with Crippen LogP contribution >= 0.6 is 0 Å². The van der Waals surface area contributed by atoms with Crippen LogP contribution in [0, 0.1) is 5.92 Å². The summed E-state index contributed by atoms with van der Waals surface area (Å²) in [5.74, 6) is 2.75. The lowest BCUT2D eigenvalue weighted by Crippen LogP contribution is -2.69. The summed E-state index contributed by atoms with van der Waals surface area (Å²) in [6.45, 7) is 7.95. The molecular weight excluding hydrogens is 508 g/mol. The van der Waals surface area contributed by atoms with Crippen molar-refractivity contribution in [2.24, 2.45) is 5.92 Å². The van der Waals surface area contributed by atoms with Crippen LogP contribution in [-0.2, 0) is 23.1 Å². The van der Waals surface area contributed by atoms with E-state index in [2.05, 4.69) is 59.2 Å². The van der Waals surface area contributed by atoms with Gasteiger partial charge in [0.05, 0.1) is 13.7 Å². The minimum Gasteiger partial charge on any atom is -0.493 e. The van der Waals surface area contributed by atoms with Crippen LogP contribution in [0.15, 0.2) is 42.5 Å². The van der Waals surface area contributed by atoms with Gasteiger partial charge in [-0.05, 0) is 101 Å². The van der Waals surface area contributed by atoms with E-state index in [0.717, 1.165) is 44.0 Å². The summed E-state index contributed by atoms with van der Waals surface area (Å²) in [6, 6.07) is 16.2. The number of hydrogen-bond donors (Lipinski definition) is 0. The third kappa shape index (κ3) is 5.33. The van der Waals surface area contributed by atoms with Crippen molar-refractivity contribution in [2.75, 3.05) is 33.3 Å². The van der Waals surface area contributed by atoms with Gasteiger partial charge in [0.1, 0.15) is 11.9 Å². The smallest absolute Gasteiger partial charge is 0.165 e. The van der Waals surface area contributed by atoms with Crippen LogP contribution < -0.4 is 9.47 Å². The maximum Gasteiger partial charge on any atom is 0.165 e. The highest BCUT2D eigenvalue weighted by Gasteiger charge is 2.66. The highest BCUT2D eigenvalue weighted by atomic mass is 16.5. The summed E-state index contributed by atoms with van der Waals surface area (Å²) in [7, 11) is 1.78. The minimum absolute atomic E-state index is 0.0402. The van der Waals surface area contributed by atoms with Crippen molar-refractivity contribution in [1.82, 2.24) is 9.80 Å². The molecule has 6 rings (SSSR count). The zero-order valence-electron chi connectivity index (χ0n) is 25.6. The molecule has 1 saturated carbocycles. The molecule has 2 aromatic rings. The Balaban J connectivity index is 1.21. The molecule has 2 bridgehead atoms. The Hall–Kier alpha value is -2.37. The number of unbranched alkanes of at least 4 members (excludes halogenated alkanes) is 4. The highest BCUT2D eigenvalue weighted by Crippen LogP contribution is 2.64. The molecule has 4 aliphatic rings. The first-order chi connectivity index (χ1) is 20.1. The summed E-state index contributed by atoms with van der Waals surface area (Å²) in [5.41, 5.74) is 4.39. The number of nitrogens with zero attached hydrogens (tertiary/aromatic N) is 2. The molecule has 2 aromatic carbocycles. The molecule has 1 spiro atoms. The maximum absolute atomic E-state index is 12.2. The molecule has 1 saturated heterocycles. The second-order valence-electron chi connectivity index (χ2n) is 13.2. The van der Waals surface area contributed by atoms with Crippen molar-refractivity contribution in [3.63, 3.8) is 0 Å². The van der Waals surface area contributed by atoms with Crippen molar-refractivity contribution in [3.05, 3.63) is 59.2 Å². The number of rotatable bonds is 14. The first-order valence-corrected chi connectivity index (χ1v) is 16.4. The Morgan fingerprint density at radius 1 is 1.05 bits per heavy atom. The topological polar surface area (TPSA) is 42.0 Å². The first-order valence-electron chi connectivity index (χ1n) is 16.4. The minimum atomic E-state index is 0.0402. The number of carbonyl (C=O) groups is 1. The quantitative estimate of drug-likeness (QED) is 0.245. The zero-order chi connectivity index (χ0) is 28.4. The Morgan fingerprint density at radius 2 is 1.85 bits per heavy atom. The van der Waals surface area contributed by atoms with Crippen molar-refractivity contribution < 1.29 is 14.3 Å². The van der Waals surface area contributed by atoms with Crippen molar-refractivity contribution >= 4 is 5.78 Å². The lowest BCUT2D eigenvalue weighted by Gasteiger charge is -2.60. The van der Waals surface area contributed by atoms with Crippen LogP contribution in [0.5, 0.6) is 11.5 Å². The SMILES string of the molecule is CCCCN(CCCCCCc1ccccc1)[C@H]1CC[C@H]2[C@H]3Cc4ccc(OC)c5c4[C@@]2(CCN3CC(C)=O)[C@H]1O5. The molecule has 0 aromatic heterocycles. The largest absolute Gasteiger partial charge is 0.493 e. The summed E-state index contributed by atoms with van der Waals surface area (Å²) >= 11 is 0. The standard InChI is InChI=1S/C36H50N2O3/c1-4-5-21-37(22-12-7-6-9-13-27-14-10-8-11-15-27)30-18-17-29-31-24-28-16-19-32(40-3)34-33(28)36(29,35(30)41-34)20-23-38(31)25-26(2)39/h8,10-11,14-16,19,29-31,35H,4-7,9,12-13,17-18,20-25H2,1-3H3/t29-,30-,31+,35-,36-/m0/s1. The molecule has 5 nitrogen and oxygen atoms in total. The van der Waals surface area contributed by atoms with Gasteiger partial charge >= 0.3 is 0 Å². The number of benzene rings is 2. The molecule has 5 heteroatoms. The molecule has 2 aliphatic carbocycles. The highest BCUT2D eigenvalue weighted by molar-refractivity contribution is 5.77. The number of ketones is 1. The maximum atomic E-state index is 12.2. The molecule has 222 valence electrons. The molecular formula is C36H50N2O3. The van der Waals surface area contributed by atoms with Gasteiger partial charge in [-0.25, -0.2) is 0 Å². The van der Waals surface area contributed by atoms with Crippen molar-refractivity contribution in [2.45, 2.75) is 108 Å². The summed E-state index contributed by atoms with van der Waals surface area (Å²) < 4.78 is 13.0. The van der Waals surface area contributed by atoms with E-state index in [0.29, 0.717) is 24.5 Å². The Kier molecular flexibility index (Phi) is 8.74. The number of piperidine rings is 1. The zero-order valence-corrected chi connectivity index (χ0v) is 25.6. The number of carbonyl (C=O) groups excluding carboxylic acids is 1. The van der Waals surface area contributed by atoms with Crippen LogP contribution in [0.25, 0.3) is 0 Å². The lowest BCUT2D eigenvalue weighted by atomic mass is 9.51. The van der Waals surface area contributed by atoms with E-state index in [1.165, 1.54) is 74.5 Å². The molecule has 0 amide bonds. The average molecular weight is 559 g/mol. The molecule has 0 N–H and O–H groups in total. The van der Waals surface area contributed by atoms with E-state index in [1.807, 2.05) is 0 Å². The van der Waals surface area contributed by atoms with Gasteiger partial charge in [-0.3, -0.25) is 14.6 Å². The number of methoxy groups -OCH3 is 1. The van der Waals surface area contributed by atoms with Gasteiger partial charge in [0.25, 0.3) is 0 Å². The van der Waals surface area contributed by atoms with Gasteiger partial charge in [0.15, 0.2) is 11.5 Å². The van der Waals surface area contributed by atoms with Crippen LogP contribution in [0.3, 0.4) is 0 Å². The Bertz CT molecular complexity index is 1200. The predicted molar refractivity (Wildman–Crippen MR) is 165 cm³/mol. The van der Waals surface area contributed by atoms with E-state index < -0.39 is 0 Å². The number of hydrogen-bond acceptors (Lipinski definition) is 5. The van der Waals surface area contributed by atoms with Crippen LogP contribution in [0.1, 0.15) is 88.3 Å². The average Bonchev–Trinajstić information content (AvgIpc) is 3.33. The van der Waals surface area contributed by atoms with E-state index in [4.69, 9.17) is 9.47 Å². The van der Waals surface area contributed by atoms with Crippen LogP contribution in [0.4, 0.5) is 0 Å². The van der Waals surface area contributed by atoms with Gasteiger partial charge in [-0.15, -0.1) is 0 Å². The summed E-state index contributed by atoms with van der Waals surface area (Å²) in [4.78, 5) is 17.6. The van der Waals surface area contributed by atoms with E-state index in [1.54, 1.807) is 14.0 Å². The van der Waals surface area contributed by atoms with Gasteiger partial charge < -0.3 is 9.47 Å². The Labute approximate surface area is 247 Å². The van der Waals surface area contributed by atoms with E-state index in [-0.39, 0.29) is 17.3 Å². The molecule has 2 heterocycles. The number of likely N-dealkylation sites (tertiary alicyclic amines) is 1. The summed E-state index contributed by atoms with van der Waals surface area (Å²) in [6.07, 6.45) is 13.5. The second-order valence-corrected chi connectivity index (χ2v) is 13.2. The molecule has 5 atom stereocenters. The van der Waals surface area contributed by atoms with E-state index >= 15 is 0 Å². The molecule has 0 unspecified atom stereocenters. The second kappa shape index (κ2) is 12.5. The molecule has 0 radical (unpaired) electrons. The normalized spacial score (nSPS) is 27.9. The van der Waals surface area contributed by atoms with Crippen LogP contribution in [0.2, 0.25) is 0 Å². The fourth-order valence-corrected chi connectivity index (χ4v) is 9.05. The van der Waals surface area contributed by atoms with Gasteiger partial charge in [0, 0.05) is 23.1 Å². The van der Waals surface area contributed by atoms with Gasteiger partial charge in [0.2, 0.25) is 0 Å². The molecule has 2 fully saturated rings. The van der Waals surface area contributed by atoms with Gasteiger partial charge in [-0.2, -0.15) is 0 Å². The van der Waals surface area contributed by atoms with Crippen molar-refractivity contribution in [3.8, 4) is 11.5 Å². The molecule has 41 heavy (non-hydrogen) atoms. The fraction of sp³-hybridized carbons (Fsp3) is 0.639. The van der Waals surface area contributed by atoms with Gasteiger partial charge in [-0.1, -0.05) is 62.6 Å². The third-order valence-electron chi connectivity index (χ3n) is 10.8. The number of aryl methyl sites for hydroxylation is 1. The summed E-state index contributed by atoms with van der Waals surface area (Å²) in [5, 5.41) is 0.